The van der Waals surface area contributed by atoms with Gasteiger partial charge >= 0.3 is 5.97 Å². The van der Waals surface area contributed by atoms with Crippen LogP contribution in [0.3, 0.4) is 0 Å². The van der Waals surface area contributed by atoms with E-state index in [9.17, 15) is 25.2 Å². The van der Waals surface area contributed by atoms with Crippen molar-refractivity contribution in [2.24, 2.45) is 0 Å². The topological polar surface area (TPSA) is 116 Å². The van der Waals surface area contributed by atoms with E-state index in [1.165, 1.54) is 51.4 Å². The predicted molar refractivity (Wildman–Crippen MR) is 168 cm³/mol. The summed E-state index contributed by atoms with van der Waals surface area (Å²) in [4.78, 5) is 11.7. The summed E-state index contributed by atoms with van der Waals surface area (Å²) in [5, 5.41) is 41.6. The summed E-state index contributed by atoms with van der Waals surface area (Å²) in [6.07, 6.45) is 22.4. The average molecular weight is 597 g/mol. The van der Waals surface area contributed by atoms with Crippen LogP contribution in [0.5, 0.6) is 0 Å². The molecule has 0 bridgehead atoms. The highest BCUT2D eigenvalue weighted by Crippen LogP contribution is 2.28. The molecule has 7 heteroatoms. The van der Waals surface area contributed by atoms with Crippen molar-refractivity contribution in [3.63, 3.8) is 0 Å². The Morgan fingerprint density at radius 2 is 1.31 bits per heavy atom. The number of ether oxygens (including phenoxy) is 2. The van der Waals surface area contributed by atoms with Crippen LogP contribution in [0.2, 0.25) is 0 Å². The maximum Gasteiger partial charge on any atom is 0.334 e. The van der Waals surface area contributed by atoms with Gasteiger partial charge < -0.3 is 29.9 Å². The summed E-state index contributed by atoms with van der Waals surface area (Å²) < 4.78 is 11.2. The van der Waals surface area contributed by atoms with Gasteiger partial charge in [0, 0.05) is 12.0 Å². The molecule has 3 unspecified atom stereocenters. The molecule has 0 saturated carbocycles. The van der Waals surface area contributed by atoms with E-state index in [1.54, 1.807) is 6.08 Å². The van der Waals surface area contributed by atoms with Crippen molar-refractivity contribution >= 4 is 5.97 Å². The van der Waals surface area contributed by atoms with E-state index in [0.29, 0.717) is 37.7 Å². The van der Waals surface area contributed by atoms with Crippen molar-refractivity contribution in [2.45, 2.75) is 204 Å². The molecule has 1 fully saturated rings. The molecule has 0 amide bonds. The lowest BCUT2D eigenvalue weighted by molar-refractivity contribution is -0.139. The first-order valence-corrected chi connectivity index (χ1v) is 17.6. The van der Waals surface area contributed by atoms with Crippen molar-refractivity contribution in [1.82, 2.24) is 0 Å². The van der Waals surface area contributed by atoms with Crippen molar-refractivity contribution in [1.29, 1.82) is 0 Å². The second kappa shape index (κ2) is 22.5. The third kappa shape index (κ3) is 16.2. The van der Waals surface area contributed by atoms with Crippen LogP contribution >= 0.6 is 0 Å². The minimum Gasteiger partial charge on any atom is -0.455 e. The van der Waals surface area contributed by atoms with Crippen LogP contribution in [0, 0.1) is 0 Å². The summed E-state index contributed by atoms with van der Waals surface area (Å²) in [6, 6.07) is 0. The number of unbranched alkanes of at least 4 members (excludes halogenated alkanes) is 13. The summed E-state index contributed by atoms with van der Waals surface area (Å²) >= 11 is 0. The lowest BCUT2D eigenvalue weighted by Crippen LogP contribution is -2.31. The third-order valence-electron chi connectivity index (χ3n) is 9.14. The second-order valence-electron chi connectivity index (χ2n) is 13.1. The molecule has 2 aliphatic heterocycles. The van der Waals surface area contributed by atoms with Gasteiger partial charge in [-0.3, -0.25) is 0 Å². The number of hydrogen-bond acceptors (Lipinski definition) is 7. The number of rotatable bonds is 26. The van der Waals surface area contributed by atoms with Gasteiger partial charge in [-0.2, -0.15) is 0 Å². The van der Waals surface area contributed by atoms with Gasteiger partial charge in [-0.25, -0.2) is 4.79 Å². The molecule has 7 nitrogen and oxygen atoms in total. The molecule has 2 rings (SSSR count). The third-order valence-corrected chi connectivity index (χ3v) is 9.14. The van der Waals surface area contributed by atoms with Gasteiger partial charge in [0.15, 0.2) is 0 Å². The maximum atomic E-state index is 11.7. The molecular formula is C35H64O7. The molecule has 42 heavy (non-hydrogen) atoms. The smallest absolute Gasteiger partial charge is 0.334 e. The molecular weight excluding hydrogens is 532 g/mol. The quantitative estimate of drug-likeness (QED) is 0.0624. The molecule has 0 aliphatic carbocycles. The molecule has 2 heterocycles. The van der Waals surface area contributed by atoms with Crippen molar-refractivity contribution in [2.75, 3.05) is 0 Å². The van der Waals surface area contributed by atoms with Crippen molar-refractivity contribution in [3.8, 4) is 0 Å². The van der Waals surface area contributed by atoms with Crippen LogP contribution in [-0.2, 0) is 14.3 Å². The Hall–Kier alpha value is -0.990. The largest absolute Gasteiger partial charge is 0.455 e. The SMILES string of the molecule is CCCCCCCCCCCCC(O)C(O)CCC(O)[C@H]1CC[C@H](CCCCCCC[C@@H](O)CC2=C[C@H](C)OC2=O)O1. The average Bonchev–Trinajstić information content (AvgIpc) is 3.57. The number of aliphatic hydroxyl groups is 4. The Balaban J connectivity index is 1.42. The highest BCUT2D eigenvalue weighted by molar-refractivity contribution is 5.90. The van der Waals surface area contributed by atoms with Crippen LogP contribution < -0.4 is 0 Å². The summed E-state index contributed by atoms with van der Waals surface area (Å²) in [5.74, 6) is -0.295. The standard InChI is InChI=1S/C35H64O7/c1-3-4-5-6-7-8-9-10-14-17-20-31(37)32(38)22-23-33(39)34-24-21-30(42-34)19-16-13-11-12-15-18-29(36)26-28-25-27(2)41-35(28)40/h25,27,29-34,36-39H,3-24,26H2,1-2H3/t27-,29+,30-,31?,32?,33?,34+/m0/s1. The zero-order chi connectivity index (χ0) is 30.6. The minimum atomic E-state index is -0.781. The molecule has 4 N–H and O–H groups in total. The van der Waals surface area contributed by atoms with E-state index in [4.69, 9.17) is 9.47 Å². The van der Waals surface area contributed by atoms with E-state index < -0.39 is 24.4 Å². The van der Waals surface area contributed by atoms with Gasteiger partial charge in [0.05, 0.1) is 36.6 Å². The van der Waals surface area contributed by atoms with Gasteiger partial charge in [-0.1, -0.05) is 103 Å². The number of hydrogen-bond donors (Lipinski definition) is 4. The van der Waals surface area contributed by atoms with Gasteiger partial charge in [0.25, 0.3) is 0 Å². The Morgan fingerprint density at radius 3 is 1.93 bits per heavy atom. The molecule has 2 aliphatic rings. The second-order valence-corrected chi connectivity index (χ2v) is 13.1. The van der Waals surface area contributed by atoms with E-state index in [1.807, 2.05) is 6.92 Å². The lowest BCUT2D eigenvalue weighted by atomic mass is 9.97. The zero-order valence-corrected chi connectivity index (χ0v) is 26.9. The Labute approximate surface area is 256 Å². The summed E-state index contributed by atoms with van der Waals surface area (Å²) in [7, 11) is 0. The molecule has 0 spiro atoms. The molecule has 0 radical (unpaired) electrons. The fourth-order valence-corrected chi connectivity index (χ4v) is 6.40. The highest BCUT2D eigenvalue weighted by atomic mass is 16.5. The predicted octanol–water partition coefficient (Wildman–Crippen LogP) is 7.06. The summed E-state index contributed by atoms with van der Waals surface area (Å²) in [6.45, 7) is 4.07. The number of cyclic esters (lactones) is 1. The number of carbonyl (C=O) groups excluding carboxylic acids is 1. The molecule has 0 aromatic carbocycles. The number of esters is 1. The molecule has 1 saturated heterocycles. The van der Waals surface area contributed by atoms with Gasteiger partial charge in [-0.05, 0) is 57.9 Å². The molecule has 7 atom stereocenters. The van der Waals surface area contributed by atoms with Crippen LogP contribution in [0.4, 0.5) is 0 Å². The Morgan fingerprint density at radius 1 is 0.738 bits per heavy atom. The highest BCUT2D eigenvalue weighted by Gasteiger charge is 2.31. The van der Waals surface area contributed by atoms with Crippen LogP contribution in [0.1, 0.15) is 162 Å². The molecule has 0 aromatic rings. The van der Waals surface area contributed by atoms with E-state index in [-0.39, 0.29) is 24.3 Å². The Bertz CT molecular complexity index is 726. The minimum absolute atomic E-state index is 0.168. The fraction of sp³-hybridized carbons (Fsp3) is 0.914. The number of aliphatic hydroxyl groups excluding tert-OH is 4. The zero-order valence-electron chi connectivity index (χ0n) is 26.9. The van der Waals surface area contributed by atoms with E-state index in [0.717, 1.165) is 64.2 Å². The van der Waals surface area contributed by atoms with Gasteiger partial charge in [-0.15, -0.1) is 0 Å². The molecule has 246 valence electrons. The lowest BCUT2D eigenvalue weighted by Gasteiger charge is -2.22. The first-order valence-electron chi connectivity index (χ1n) is 17.6. The Kier molecular flexibility index (Phi) is 19.9. The van der Waals surface area contributed by atoms with Crippen LogP contribution in [0.15, 0.2) is 11.6 Å². The fourth-order valence-electron chi connectivity index (χ4n) is 6.40. The van der Waals surface area contributed by atoms with Crippen molar-refractivity contribution in [3.05, 3.63) is 11.6 Å². The van der Waals surface area contributed by atoms with Gasteiger partial charge in [0.1, 0.15) is 6.10 Å². The first-order chi connectivity index (χ1) is 20.3. The van der Waals surface area contributed by atoms with Crippen LogP contribution in [0.25, 0.3) is 0 Å². The van der Waals surface area contributed by atoms with Crippen LogP contribution in [-0.4, -0.2) is 69.1 Å². The summed E-state index contributed by atoms with van der Waals surface area (Å²) in [5.41, 5.74) is 0.600. The normalized spacial score (nSPS) is 23.5. The maximum absolute atomic E-state index is 11.7. The first kappa shape index (κ1) is 37.2. The number of carbonyl (C=O) groups is 1. The monoisotopic (exact) mass is 596 g/mol. The van der Waals surface area contributed by atoms with E-state index >= 15 is 0 Å². The molecule has 0 aromatic heterocycles. The van der Waals surface area contributed by atoms with Crippen molar-refractivity contribution < 1.29 is 34.7 Å². The van der Waals surface area contributed by atoms with Gasteiger partial charge in [0.2, 0.25) is 0 Å². The van der Waals surface area contributed by atoms with E-state index in [2.05, 4.69) is 6.92 Å².